The number of cyclic esters (lactones) is 1. The summed E-state index contributed by atoms with van der Waals surface area (Å²) in [5.74, 6) is -0.304. The van der Waals surface area contributed by atoms with Crippen LogP contribution in [0.4, 0.5) is 19.4 Å². The zero-order valence-corrected chi connectivity index (χ0v) is 23.8. The summed E-state index contributed by atoms with van der Waals surface area (Å²) in [6.45, 7) is 5.86. The number of amides is 1. The second kappa shape index (κ2) is 11.2. The number of ether oxygens (including phenoxy) is 3. The minimum atomic E-state index is -0.836. The summed E-state index contributed by atoms with van der Waals surface area (Å²) in [6, 6.07) is 12.5. The van der Waals surface area contributed by atoms with Crippen LogP contribution in [0.15, 0.2) is 48.5 Å². The highest BCUT2D eigenvalue weighted by Crippen LogP contribution is 2.50. The lowest BCUT2D eigenvalue weighted by molar-refractivity contribution is -0.144. The summed E-state index contributed by atoms with van der Waals surface area (Å²) in [5.41, 5.74) is 3.48. The van der Waals surface area contributed by atoms with Crippen LogP contribution in [0.5, 0.6) is 5.75 Å². The van der Waals surface area contributed by atoms with Crippen LogP contribution in [0.1, 0.15) is 55.5 Å². The molecule has 8 nitrogen and oxygen atoms in total. The van der Waals surface area contributed by atoms with Gasteiger partial charge in [-0.1, -0.05) is 6.07 Å². The fourth-order valence-electron chi connectivity index (χ4n) is 5.88. The molecule has 3 fully saturated rings. The lowest BCUT2D eigenvalue weighted by Gasteiger charge is -2.33. The number of anilines is 1. The van der Waals surface area contributed by atoms with E-state index in [0.29, 0.717) is 18.1 Å². The molecule has 0 spiro atoms. The summed E-state index contributed by atoms with van der Waals surface area (Å²) in [6.07, 6.45) is 0.384. The zero-order valence-electron chi connectivity index (χ0n) is 23.8. The van der Waals surface area contributed by atoms with E-state index in [1.807, 2.05) is 30.3 Å². The van der Waals surface area contributed by atoms with E-state index in [0.717, 1.165) is 54.5 Å². The first-order valence-corrected chi connectivity index (χ1v) is 14.3. The number of methoxy groups -OCH3 is 1. The molecule has 2 aromatic carbocycles. The predicted molar refractivity (Wildman–Crippen MR) is 151 cm³/mol. The summed E-state index contributed by atoms with van der Waals surface area (Å²) < 4.78 is 44.5. The number of carbonyl (C=O) groups excluding carboxylic acids is 2. The smallest absolute Gasteiger partial charge is 0.411 e. The number of nitrogens with zero attached hydrogens (tertiary/aromatic N) is 3. The number of esters is 1. The summed E-state index contributed by atoms with van der Waals surface area (Å²) >= 11 is 0. The average Bonchev–Trinajstić information content (AvgIpc) is 3.69. The van der Waals surface area contributed by atoms with Crippen molar-refractivity contribution in [3.05, 3.63) is 77.0 Å². The van der Waals surface area contributed by atoms with Crippen molar-refractivity contribution < 1.29 is 32.6 Å². The number of rotatable bonds is 9. The first-order chi connectivity index (χ1) is 20.3. The Bertz CT molecular complexity index is 1510. The number of halogens is 2. The Morgan fingerprint density at radius 2 is 1.81 bits per heavy atom. The molecule has 0 bridgehead atoms. The van der Waals surface area contributed by atoms with Gasteiger partial charge in [0.05, 0.1) is 37.9 Å². The minimum absolute atomic E-state index is 0.0616. The topological polar surface area (TPSA) is 81.2 Å². The average molecular weight is 578 g/mol. The molecule has 2 aliphatic heterocycles. The Kier molecular flexibility index (Phi) is 7.47. The molecule has 0 radical (unpaired) electrons. The van der Waals surface area contributed by atoms with E-state index in [9.17, 15) is 18.4 Å². The van der Waals surface area contributed by atoms with Crippen LogP contribution in [0.3, 0.4) is 0 Å². The molecule has 0 unspecified atom stereocenters. The first-order valence-electron chi connectivity index (χ1n) is 14.3. The third-order valence-corrected chi connectivity index (χ3v) is 8.39. The SMILES string of the molecule is CCOC(=O)[C@H]1C[C@@H]1c1ccc(OC)c(-c2ccc(N3CCC3)nc2CN2C(=O)O[C@H](c3cc(F)cc(F)c3)[C@@H]2C)c1. The van der Waals surface area contributed by atoms with Crippen LogP contribution in [0, 0.1) is 17.6 Å². The summed E-state index contributed by atoms with van der Waals surface area (Å²) in [7, 11) is 1.60. The number of hydrogen-bond donors (Lipinski definition) is 0. The van der Waals surface area contributed by atoms with Crippen molar-refractivity contribution in [3.8, 4) is 16.9 Å². The van der Waals surface area contributed by atoms with E-state index in [2.05, 4.69) is 4.90 Å². The first kappa shape index (κ1) is 27.9. The van der Waals surface area contributed by atoms with Crippen LogP contribution in [0.25, 0.3) is 11.1 Å². The summed E-state index contributed by atoms with van der Waals surface area (Å²) in [4.78, 5) is 34.1. The molecule has 0 N–H and O–H groups in total. The Hall–Kier alpha value is -4.21. The normalized spacial score (nSPS) is 22.9. The number of pyridine rings is 1. The third kappa shape index (κ3) is 5.26. The predicted octanol–water partition coefficient (Wildman–Crippen LogP) is 5.99. The Morgan fingerprint density at radius 1 is 1.05 bits per heavy atom. The van der Waals surface area contributed by atoms with Gasteiger partial charge in [0.25, 0.3) is 0 Å². The molecule has 10 heteroatoms. The molecule has 4 atom stereocenters. The molecule has 3 heterocycles. The molecule has 3 aliphatic rings. The zero-order chi connectivity index (χ0) is 29.5. The molecule has 42 heavy (non-hydrogen) atoms. The van der Waals surface area contributed by atoms with E-state index < -0.39 is 29.9 Å². The van der Waals surface area contributed by atoms with Crippen LogP contribution in [-0.2, 0) is 20.8 Å². The van der Waals surface area contributed by atoms with Gasteiger partial charge in [-0.25, -0.2) is 18.6 Å². The molecular weight excluding hydrogens is 544 g/mol. The Labute approximate surface area is 243 Å². The molecule has 6 rings (SSSR count). The van der Waals surface area contributed by atoms with Gasteiger partial charge in [-0.2, -0.15) is 0 Å². The van der Waals surface area contributed by atoms with Crippen molar-refractivity contribution in [2.45, 2.75) is 51.3 Å². The monoisotopic (exact) mass is 577 g/mol. The van der Waals surface area contributed by atoms with Crippen molar-refractivity contribution in [3.63, 3.8) is 0 Å². The number of carbonyl (C=O) groups is 2. The van der Waals surface area contributed by atoms with E-state index in [4.69, 9.17) is 19.2 Å². The van der Waals surface area contributed by atoms with Crippen LogP contribution in [0.2, 0.25) is 0 Å². The number of hydrogen-bond acceptors (Lipinski definition) is 7. The van der Waals surface area contributed by atoms with E-state index in [1.54, 1.807) is 21.0 Å². The molecule has 3 aromatic rings. The van der Waals surface area contributed by atoms with Crippen LogP contribution in [-0.4, -0.2) is 54.8 Å². The van der Waals surface area contributed by atoms with Crippen molar-refractivity contribution in [1.29, 1.82) is 0 Å². The lowest BCUT2D eigenvalue weighted by Crippen LogP contribution is -2.38. The molecule has 1 saturated carbocycles. The van der Waals surface area contributed by atoms with Crippen molar-refractivity contribution in [2.24, 2.45) is 5.92 Å². The molecule has 1 aliphatic carbocycles. The van der Waals surface area contributed by atoms with Gasteiger partial charge in [-0.15, -0.1) is 0 Å². The van der Waals surface area contributed by atoms with Gasteiger partial charge in [0, 0.05) is 35.8 Å². The van der Waals surface area contributed by atoms with Gasteiger partial charge in [0.2, 0.25) is 0 Å². The largest absolute Gasteiger partial charge is 0.496 e. The molecule has 1 amide bonds. The third-order valence-electron chi connectivity index (χ3n) is 8.39. The fourth-order valence-corrected chi connectivity index (χ4v) is 5.88. The van der Waals surface area contributed by atoms with Crippen LogP contribution >= 0.6 is 0 Å². The van der Waals surface area contributed by atoms with Gasteiger partial charge in [0.15, 0.2) is 0 Å². The molecule has 2 saturated heterocycles. The van der Waals surface area contributed by atoms with E-state index in [1.165, 1.54) is 17.0 Å². The van der Waals surface area contributed by atoms with Crippen LogP contribution < -0.4 is 9.64 Å². The van der Waals surface area contributed by atoms with Gasteiger partial charge in [0.1, 0.15) is 29.3 Å². The van der Waals surface area contributed by atoms with E-state index in [-0.39, 0.29) is 29.9 Å². The second-order valence-electron chi connectivity index (χ2n) is 11.0. The molecule has 220 valence electrons. The number of benzene rings is 2. The number of aromatic nitrogens is 1. The van der Waals surface area contributed by atoms with Crippen molar-refractivity contribution in [1.82, 2.24) is 9.88 Å². The van der Waals surface area contributed by atoms with Gasteiger partial charge < -0.3 is 19.1 Å². The summed E-state index contributed by atoms with van der Waals surface area (Å²) in [5, 5.41) is 0. The maximum absolute atomic E-state index is 14.0. The Balaban J connectivity index is 1.35. The molecule has 1 aromatic heterocycles. The molecular formula is C32H33F2N3O5. The highest BCUT2D eigenvalue weighted by atomic mass is 19.1. The highest BCUT2D eigenvalue weighted by molar-refractivity contribution is 5.79. The standard InChI is InChI=1S/C32H33F2N3O5/c1-4-41-31(38)26-16-24(26)19-6-8-28(40-3)25(14-19)23-7-9-29(36-10-5-11-36)35-27(23)17-37-18(2)30(42-32(37)39)20-12-21(33)15-22(34)13-20/h6-9,12-15,18,24,26,30H,4-5,10-11,16-17H2,1-3H3/t18-,24+,26-,30-/m0/s1. The van der Waals surface area contributed by atoms with E-state index >= 15 is 0 Å². The minimum Gasteiger partial charge on any atom is -0.496 e. The van der Waals surface area contributed by atoms with Crippen molar-refractivity contribution >= 4 is 17.9 Å². The maximum atomic E-state index is 14.0. The fraction of sp³-hybridized carbons (Fsp3) is 0.406. The maximum Gasteiger partial charge on any atom is 0.411 e. The quantitative estimate of drug-likeness (QED) is 0.289. The lowest BCUT2D eigenvalue weighted by atomic mass is 9.97. The second-order valence-corrected chi connectivity index (χ2v) is 11.0. The van der Waals surface area contributed by atoms with Gasteiger partial charge >= 0.3 is 12.1 Å². The van der Waals surface area contributed by atoms with Crippen molar-refractivity contribution in [2.75, 3.05) is 31.7 Å². The Morgan fingerprint density at radius 3 is 2.48 bits per heavy atom. The van der Waals surface area contributed by atoms with Gasteiger partial charge in [-0.05, 0) is 74.6 Å². The van der Waals surface area contributed by atoms with Gasteiger partial charge in [-0.3, -0.25) is 9.69 Å². The highest BCUT2D eigenvalue weighted by Gasteiger charge is 2.45.